The summed E-state index contributed by atoms with van der Waals surface area (Å²) in [6.07, 6.45) is 3.57. The summed E-state index contributed by atoms with van der Waals surface area (Å²) in [7, 11) is 2.13. The molecule has 8 rings (SSSR count). The minimum Gasteiger partial charge on any atom is -0.483 e. The van der Waals surface area contributed by atoms with Crippen LogP contribution in [0.2, 0.25) is 5.02 Å². The van der Waals surface area contributed by atoms with Gasteiger partial charge in [-0.3, -0.25) is 53.3 Å². The first-order valence-corrected chi connectivity index (χ1v) is 23.1. The summed E-state index contributed by atoms with van der Waals surface area (Å²) < 4.78 is 7.49. The van der Waals surface area contributed by atoms with E-state index < -0.39 is 48.2 Å². The van der Waals surface area contributed by atoms with Gasteiger partial charge in [0.1, 0.15) is 29.2 Å². The van der Waals surface area contributed by atoms with Crippen LogP contribution in [0, 0.1) is 6.92 Å². The van der Waals surface area contributed by atoms with E-state index in [1.165, 1.54) is 29.5 Å². The van der Waals surface area contributed by atoms with Crippen LogP contribution >= 0.6 is 22.9 Å². The number of nitrogens with one attached hydrogen (secondary N) is 4. The fraction of sp³-hybridized carbons (Fsp3) is 0.422. The predicted molar refractivity (Wildman–Crippen MR) is 243 cm³/mol. The molecule has 346 valence electrons. The predicted octanol–water partition coefficient (Wildman–Crippen LogP) is 2.43. The minimum absolute atomic E-state index is 0.00727. The van der Waals surface area contributed by atoms with Crippen molar-refractivity contribution in [1.82, 2.24) is 50.7 Å². The van der Waals surface area contributed by atoms with Gasteiger partial charge in [-0.1, -0.05) is 29.8 Å². The molecule has 7 amide bonds. The van der Waals surface area contributed by atoms with Gasteiger partial charge in [-0.2, -0.15) is 0 Å². The Hall–Kier alpha value is -6.35. The number of ether oxygens (including phenoxy) is 1. The van der Waals surface area contributed by atoms with Gasteiger partial charge in [0.25, 0.3) is 23.6 Å². The Labute approximate surface area is 389 Å². The van der Waals surface area contributed by atoms with E-state index in [0.717, 1.165) is 55.2 Å². The zero-order valence-corrected chi connectivity index (χ0v) is 38.1. The van der Waals surface area contributed by atoms with E-state index in [1.807, 2.05) is 23.6 Å². The molecule has 0 spiro atoms. The first-order chi connectivity index (χ1) is 31.9. The number of piperidine rings is 1. The maximum absolute atomic E-state index is 13.8. The number of carbonyl (C=O) groups is 7. The maximum atomic E-state index is 13.8. The Morgan fingerprint density at radius 1 is 0.894 bits per heavy atom. The SMILES string of the molecule is Cc1c(C(=O)NCCCCNC(=O)COc2cccc3c2C(=O)N(C2CCC(=O)NC2=O)C3=O)sc2c1C(c1ccc(Cl)cc1)=N[C@@H](CC(=O)NCCCN1CCN(C)CC1)c1nncn1-2. The molecule has 2 saturated heterocycles. The van der Waals surface area contributed by atoms with Crippen molar-refractivity contribution in [2.24, 2.45) is 4.99 Å². The Morgan fingerprint density at radius 2 is 1.62 bits per heavy atom. The molecule has 2 atom stereocenters. The van der Waals surface area contributed by atoms with Gasteiger partial charge in [-0.15, -0.1) is 21.5 Å². The van der Waals surface area contributed by atoms with Crippen LogP contribution in [-0.4, -0.2) is 149 Å². The van der Waals surface area contributed by atoms with Gasteiger partial charge in [-0.25, -0.2) is 0 Å². The topological polar surface area (TPSA) is 230 Å². The molecule has 4 aliphatic rings. The van der Waals surface area contributed by atoms with Gasteiger partial charge in [0.05, 0.1) is 28.1 Å². The fourth-order valence-corrected chi connectivity index (χ4v) is 9.77. The Kier molecular flexibility index (Phi) is 14.3. The van der Waals surface area contributed by atoms with Crippen molar-refractivity contribution in [3.63, 3.8) is 0 Å². The summed E-state index contributed by atoms with van der Waals surface area (Å²) in [5, 5.41) is 20.9. The number of nitrogens with zero attached hydrogens (tertiary/aromatic N) is 7. The summed E-state index contributed by atoms with van der Waals surface area (Å²) >= 11 is 7.57. The highest BCUT2D eigenvalue weighted by molar-refractivity contribution is 7.17. The Morgan fingerprint density at radius 3 is 2.38 bits per heavy atom. The second kappa shape index (κ2) is 20.4. The molecular weight excluding hydrogens is 890 g/mol. The zero-order chi connectivity index (χ0) is 46.5. The average Bonchev–Trinajstić information content (AvgIpc) is 3.97. The summed E-state index contributed by atoms with van der Waals surface area (Å²) in [6.45, 7) is 7.64. The molecule has 2 aromatic carbocycles. The third-order valence-corrected chi connectivity index (χ3v) is 13.6. The van der Waals surface area contributed by atoms with Crippen LogP contribution in [0.15, 0.2) is 53.8 Å². The molecule has 0 bridgehead atoms. The smallest absolute Gasteiger partial charge is 0.266 e. The molecule has 0 aliphatic carbocycles. The number of unbranched alkanes of at least 4 members (excludes halogenated alkanes) is 1. The van der Waals surface area contributed by atoms with Crippen LogP contribution in [0.4, 0.5) is 0 Å². The number of fused-ring (bicyclic) bond motifs is 4. The molecule has 2 aromatic heterocycles. The van der Waals surface area contributed by atoms with Crippen LogP contribution in [0.1, 0.15) is 97.5 Å². The third kappa shape index (κ3) is 10.1. The third-order valence-electron chi connectivity index (χ3n) is 12.0. The molecule has 66 heavy (non-hydrogen) atoms. The largest absolute Gasteiger partial charge is 0.483 e. The summed E-state index contributed by atoms with van der Waals surface area (Å²) in [6, 6.07) is 9.93. The van der Waals surface area contributed by atoms with Crippen molar-refractivity contribution in [3.8, 4) is 10.8 Å². The van der Waals surface area contributed by atoms with Gasteiger partial charge >= 0.3 is 0 Å². The molecule has 6 heterocycles. The summed E-state index contributed by atoms with van der Waals surface area (Å²) in [5.41, 5.74) is 2.82. The minimum atomic E-state index is -1.13. The Bertz CT molecular complexity index is 2590. The number of benzene rings is 2. The Balaban J connectivity index is 0.846. The van der Waals surface area contributed by atoms with Crippen LogP contribution in [0.5, 0.6) is 5.75 Å². The second-order valence-corrected chi connectivity index (χ2v) is 18.0. The first kappa shape index (κ1) is 46.2. The van der Waals surface area contributed by atoms with E-state index in [-0.39, 0.29) is 54.5 Å². The molecular formula is C45H50ClN11O8S. The van der Waals surface area contributed by atoms with E-state index in [0.29, 0.717) is 57.9 Å². The lowest BCUT2D eigenvalue weighted by Crippen LogP contribution is -2.54. The molecule has 19 nitrogen and oxygen atoms in total. The second-order valence-electron chi connectivity index (χ2n) is 16.6. The van der Waals surface area contributed by atoms with E-state index in [1.54, 1.807) is 18.5 Å². The van der Waals surface area contributed by atoms with E-state index >= 15 is 0 Å². The standard InChI is InChI=1S/C45H50ClN11O8S/c1-26-36-38(27-9-11-28(46)12-10-27)51-30(23-34(59)47-17-6-18-55-21-19-54(2)20-22-55)40-53-50-25-56(40)45(36)66-39(26)42(62)49-16-4-3-15-48-35(60)24-65-32-8-5-7-29-37(32)44(64)57(43(29)63)31-13-14-33(58)52-41(31)61/h5,7-12,25,30-31H,3-4,6,13-24H2,1-2H3,(H,47,59)(H,48,60)(H,49,62)(H,52,58,61)/t30-,31?/m0/s1. The number of likely N-dealkylation sites (N-methyl/N-ethyl adjacent to an activating group) is 1. The van der Waals surface area contributed by atoms with E-state index in [9.17, 15) is 33.6 Å². The van der Waals surface area contributed by atoms with Gasteiger partial charge in [0.15, 0.2) is 12.4 Å². The molecule has 0 radical (unpaired) electrons. The number of hydrogen-bond donors (Lipinski definition) is 4. The average molecular weight is 940 g/mol. The monoisotopic (exact) mass is 939 g/mol. The summed E-state index contributed by atoms with van der Waals surface area (Å²) in [4.78, 5) is 102. The molecule has 0 saturated carbocycles. The number of rotatable bonds is 17. The van der Waals surface area contributed by atoms with Crippen molar-refractivity contribution in [3.05, 3.63) is 92.3 Å². The quantitative estimate of drug-likeness (QED) is 0.0885. The number of amides is 7. The molecule has 1 unspecified atom stereocenters. The molecule has 4 N–H and O–H groups in total. The van der Waals surface area contributed by atoms with Gasteiger partial charge in [-0.05, 0) is 76.0 Å². The van der Waals surface area contributed by atoms with Crippen molar-refractivity contribution < 1.29 is 38.3 Å². The van der Waals surface area contributed by atoms with Crippen LogP contribution in [-0.2, 0) is 19.2 Å². The number of thiophene rings is 1. The van der Waals surface area contributed by atoms with Crippen molar-refractivity contribution in [2.45, 2.75) is 57.5 Å². The van der Waals surface area contributed by atoms with Crippen LogP contribution in [0.3, 0.4) is 0 Å². The van der Waals surface area contributed by atoms with Gasteiger partial charge in [0.2, 0.25) is 17.7 Å². The number of imide groups is 2. The van der Waals surface area contributed by atoms with Gasteiger partial charge in [0, 0.05) is 68.4 Å². The number of aromatic nitrogens is 3. The highest BCUT2D eigenvalue weighted by Crippen LogP contribution is 2.39. The highest BCUT2D eigenvalue weighted by Gasteiger charge is 2.46. The molecule has 4 aliphatic heterocycles. The highest BCUT2D eigenvalue weighted by atomic mass is 35.5. The zero-order valence-electron chi connectivity index (χ0n) is 36.6. The first-order valence-electron chi connectivity index (χ1n) is 22.0. The number of aliphatic imine (C=N–C) groups is 1. The van der Waals surface area contributed by atoms with E-state index in [4.69, 9.17) is 21.3 Å². The van der Waals surface area contributed by atoms with E-state index in [2.05, 4.69) is 48.3 Å². The van der Waals surface area contributed by atoms with Gasteiger partial charge < -0.3 is 30.5 Å². The molecule has 4 aromatic rings. The van der Waals surface area contributed by atoms with Crippen LogP contribution < -0.4 is 26.0 Å². The number of carbonyl (C=O) groups excluding carboxylic acids is 7. The molecule has 21 heteroatoms. The lowest BCUT2D eigenvalue weighted by molar-refractivity contribution is -0.136. The normalized spacial score (nSPS) is 18.5. The van der Waals surface area contributed by atoms with Crippen LogP contribution in [0.25, 0.3) is 5.00 Å². The number of halogens is 1. The van der Waals surface area contributed by atoms with Crippen molar-refractivity contribution in [2.75, 3.05) is 66.0 Å². The van der Waals surface area contributed by atoms with Crippen molar-refractivity contribution >= 4 is 70.0 Å². The lowest BCUT2D eigenvalue weighted by atomic mass is 9.99. The fourth-order valence-electron chi connectivity index (χ4n) is 8.44. The number of piperazine rings is 1. The lowest BCUT2D eigenvalue weighted by Gasteiger charge is -2.32. The maximum Gasteiger partial charge on any atom is 0.266 e. The number of hydrogen-bond acceptors (Lipinski definition) is 14. The molecule has 2 fully saturated rings. The van der Waals surface area contributed by atoms with Crippen molar-refractivity contribution in [1.29, 1.82) is 0 Å². The summed E-state index contributed by atoms with van der Waals surface area (Å²) in [5.74, 6) is -2.97.